The summed E-state index contributed by atoms with van der Waals surface area (Å²) in [6.45, 7) is 2.22. The standard InChI is InChI=1S/C16H22BrFO/c1-2-11-4-3-5-12(8-11)16(19)10-13-9-14(18)6-7-15(13)17/h6-7,9,11-12,16,19H,2-5,8,10H2,1H3. The molecular weight excluding hydrogens is 307 g/mol. The van der Waals surface area contributed by atoms with Crippen molar-refractivity contribution in [3.63, 3.8) is 0 Å². The molecule has 0 heterocycles. The topological polar surface area (TPSA) is 20.2 Å². The molecule has 0 radical (unpaired) electrons. The molecular formula is C16H22BrFO. The number of hydrogen-bond donors (Lipinski definition) is 1. The van der Waals surface area contributed by atoms with Gasteiger partial charge in [0, 0.05) is 4.47 Å². The molecule has 3 unspecified atom stereocenters. The Morgan fingerprint density at radius 3 is 2.95 bits per heavy atom. The van der Waals surface area contributed by atoms with E-state index in [1.165, 1.54) is 31.4 Å². The summed E-state index contributed by atoms with van der Waals surface area (Å²) < 4.78 is 14.1. The average Bonchev–Trinajstić information content (AvgIpc) is 2.43. The van der Waals surface area contributed by atoms with E-state index < -0.39 is 0 Å². The maximum atomic E-state index is 13.3. The molecule has 0 spiro atoms. The predicted molar refractivity (Wildman–Crippen MR) is 79.5 cm³/mol. The molecule has 106 valence electrons. The number of rotatable bonds is 4. The van der Waals surface area contributed by atoms with Crippen LogP contribution in [0.15, 0.2) is 22.7 Å². The predicted octanol–water partition coefficient (Wildman–Crippen LogP) is 4.71. The van der Waals surface area contributed by atoms with E-state index in [2.05, 4.69) is 22.9 Å². The van der Waals surface area contributed by atoms with Crippen LogP contribution < -0.4 is 0 Å². The van der Waals surface area contributed by atoms with Gasteiger partial charge in [-0.25, -0.2) is 4.39 Å². The smallest absolute Gasteiger partial charge is 0.123 e. The van der Waals surface area contributed by atoms with Crippen LogP contribution in [0.1, 0.15) is 44.6 Å². The Morgan fingerprint density at radius 2 is 2.21 bits per heavy atom. The third-order valence-corrected chi connectivity index (χ3v) is 5.16. The molecule has 0 aliphatic heterocycles. The van der Waals surface area contributed by atoms with Gasteiger partial charge in [0.1, 0.15) is 5.82 Å². The lowest BCUT2D eigenvalue weighted by Gasteiger charge is -2.32. The highest BCUT2D eigenvalue weighted by Gasteiger charge is 2.27. The summed E-state index contributed by atoms with van der Waals surface area (Å²) >= 11 is 3.43. The zero-order chi connectivity index (χ0) is 13.8. The van der Waals surface area contributed by atoms with E-state index in [9.17, 15) is 9.50 Å². The van der Waals surface area contributed by atoms with Crippen molar-refractivity contribution in [1.29, 1.82) is 0 Å². The second-order valence-electron chi connectivity index (χ2n) is 5.71. The monoisotopic (exact) mass is 328 g/mol. The zero-order valence-corrected chi connectivity index (χ0v) is 13.0. The van der Waals surface area contributed by atoms with E-state index >= 15 is 0 Å². The van der Waals surface area contributed by atoms with E-state index in [1.54, 1.807) is 6.07 Å². The van der Waals surface area contributed by atoms with Crippen molar-refractivity contribution in [3.8, 4) is 0 Å². The minimum absolute atomic E-state index is 0.236. The van der Waals surface area contributed by atoms with Crippen molar-refractivity contribution in [2.75, 3.05) is 0 Å². The molecule has 1 aliphatic rings. The Balaban J connectivity index is 2.00. The third-order valence-electron chi connectivity index (χ3n) is 4.38. The van der Waals surface area contributed by atoms with Gasteiger partial charge >= 0.3 is 0 Å². The van der Waals surface area contributed by atoms with Crippen LogP contribution in [-0.4, -0.2) is 11.2 Å². The molecule has 19 heavy (non-hydrogen) atoms. The van der Waals surface area contributed by atoms with Gasteiger partial charge in [0.2, 0.25) is 0 Å². The maximum absolute atomic E-state index is 13.3. The summed E-state index contributed by atoms with van der Waals surface area (Å²) in [5.41, 5.74) is 0.867. The molecule has 1 aromatic rings. The van der Waals surface area contributed by atoms with E-state index in [0.717, 1.165) is 28.8 Å². The first-order valence-corrected chi connectivity index (χ1v) is 8.01. The lowest BCUT2D eigenvalue weighted by Crippen LogP contribution is -2.28. The Morgan fingerprint density at radius 1 is 1.42 bits per heavy atom. The van der Waals surface area contributed by atoms with Crippen LogP contribution in [0.25, 0.3) is 0 Å². The number of hydrogen-bond acceptors (Lipinski definition) is 1. The second kappa shape index (κ2) is 6.85. The Labute approximate surface area is 123 Å². The SMILES string of the molecule is CCC1CCCC(C(O)Cc2cc(F)ccc2Br)C1. The fourth-order valence-electron chi connectivity index (χ4n) is 3.14. The van der Waals surface area contributed by atoms with Crippen molar-refractivity contribution in [3.05, 3.63) is 34.1 Å². The average molecular weight is 329 g/mol. The molecule has 1 nitrogen and oxygen atoms in total. The Hall–Kier alpha value is -0.410. The molecule has 0 aromatic heterocycles. The number of benzene rings is 1. The molecule has 0 saturated heterocycles. The van der Waals surface area contributed by atoms with E-state index in [1.807, 2.05) is 0 Å². The van der Waals surface area contributed by atoms with Gasteiger partial charge in [0.05, 0.1) is 6.10 Å². The van der Waals surface area contributed by atoms with Gasteiger partial charge in [-0.3, -0.25) is 0 Å². The zero-order valence-electron chi connectivity index (χ0n) is 11.4. The molecule has 1 aliphatic carbocycles. The quantitative estimate of drug-likeness (QED) is 0.848. The molecule has 0 bridgehead atoms. The normalized spacial score (nSPS) is 25.3. The first-order chi connectivity index (χ1) is 9.10. The largest absolute Gasteiger partial charge is 0.392 e. The van der Waals surface area contributed by atoms with Gasteiger partial charge in [-0.1, -0.05) is 42.1 Å². The van der Waals surface area contributed by atoms with Crippen molar-refractivity contribution >= 4 is 15.9 Å². The highest BCUT2D eigenvalue weighted by Crippen LogP contribution is 2.34. The van der Waals surface area contributed by atoms with Gasteiger partial charge in [-0.2, -0.15) is 0 Å². The van der Waals surface area contributed by atoms with Crippen LogP contribution in [0.3, 0.4) is 0 Å². The molecule has 1 saturated carbocycles. The third kappa shape index (κ3) is 4.03. The molecule has 1 aromatic carbocycles. The van der Waals surface area contributed by atoms with Gasteiger partial charge in [0.15, 0.2) is 0 Å². The van der Waals surface area contributed by atoms with E-state index in [0.29, 0.717) is 12.3 Å². The number of aliphatic hydroxyl groups excluding tert-OH is 1. The summed E-state index contributed by atoms with van der Waals surface area (Å²) in [6.07, 6.45) is 6.11. The lowest BCUT2D eigenvalue weighted by atomic mass is 9.76. The fraction of sp³-hybridized carbons (Fsp3) is 0.625. The van der Waals surface area contributed by atoms with E-state index in [4.69, 9.17) is 0 Å². The van der Waals surface area contributed by atoms with Crippen molar-refractivity contribution in [2.24, 2.45) is 11.8 Å². The Kier molecular flexibility index (Phi) is 5.40. The van der Waals surface area contributed by atoms with Crippen molar-refractivity contribution in [1.82, 2.24) is 0 Å². The van der Waals surface area contributed by atoms with Crippen LogP contribution in [0.4, 0.5) is 4.39 Å². The van der Waals surface area contributed by atoms with Gasteiger partial charge in [0.25, 0.3) is 0 Å². The number of aliphatic hydroxyl groups is 1. The first-order valence-electron chi connectivity index (χ1n) is 7.22. The lowest BCUT2D eigenvalue weighted by molar-refractivity contribution is 0.0683. The first kappa shape index (κ1) is 15.0. The van der Waals surface area contributed by atoms with Crippen LogP contribution >= 0.6 is 15.9 Å². The fourth-order valence-corrected chi connectivity index (χ4v) is 3.55. The minimum atomic E-state index is -0.354. The van der Waals surface area contributed by atoms with Crippen LogP contribution in [0.2, 0.25) is 0 Å². The summed E-state index contributed by atoms with van der Waals surface area (Å²) in [5.74, 6) is 0.888. The number of halogens is 2. The van der Waals surface area contributed by atoms with Crippen LogP contribution in [0, 0.1) is 17.7 Å². The molecule has 3 heteroatoms. The highest BCUT2D eigenvalue weighted by atomic mass is 79.9. The second-order valence-corrected chi connectivity index (χ2v) is 6.56. The molecule has 1 N–H and O–H groups in total. The van der Waals surface area contributed by atoms with Crippen molar-refractivity contribution < 1.29 is 9.50 Å². The Bertz CT molecular complexity index is 421. The highest BCUT2D eigenvalue weighted by molar-refractivity contribution is 9.10. The van der Waals surface area contributed by atoms with Crippen LogP contribution in [0.5, 0.6) is 0 Å². The van der Waals surface area contributed by atoms with Gasteiger partial charge < -0.3 is 5.11 Å². The summed E-state index contributed by atoms with van der Waals surface area (Å²) in [5, 5.41) is 10.4. The van der Waals surface area contributed by atoms with Gasteiger partial charge in [-0.15, -0.1) is 0 Å². The van der Waals surface area contributed by atoms with E-state index in [-0.39, 0.29) is 11.9 Å². The van der Waals surface area contributed by atoms with Crippen molar-refractivity contribution in [2.45, 2.75) is 51.6 Å². The minimum Gasteiger partial charge on any atom is -0.392 e. The molecule has 0 amide bonds. The van der Waals surface area contributed by atoms with Gasteiger partial charge in [-0.05, 0) is 54.9 Å². The molecule has 3 atom stereocenters. The molecule has 2 rings (SSSR count). The van der Waals surface area contributed by atoms with Crippen LogP contribution in [-0.2, 0) is 6.42 Å². The molecule has 1 fully saturated rings. The summed E-state index contributed by atoms with van der Waals surface area (Å²) in [7, 11) is 0. The summed E-state index contributed by atoms with van der Waals surface area (Å²) in [4.78, 5) is 0. The maximum Gasteiger partial charge on any atom is 0.123 e. The summed E-state index contributed by atoms with van der Waals surface area (Å²) in [6, 6.07) is 4.67.